The van der Waals surface area contributed by atoms with E-state index in [-0.39, 0.29) is 28.5 Å². The summed E-state index contributed by atoms with van der Waals surface area (Å²) in [7, 11) is -3.72. The van der Waals surface area contributed by atoms with Gasteiger partial charge in [-0.05, 0) is 72.2 Å². The molecule has 166 valence electrons. The number of aromatic nitrogens is 2. The average Bonchev–Trinajstić information content (AvgIpc) is 3.61. The Balaban J connectivity index is 1.25. The molecule has 1 fully saturated rings. The van der Waals surface area contributed by atoms with Gasteiger partial charge in [0, 0.05) is 35.6 Å². The van der Waals surface area contributed by atoms with E-state index in [9.17, 15) is 13.2 Å². The normalized spacial score (nSPS) is 17.5. The summed E-state index contributed by atoms with van der Waals surface area (Å²) in [6.07, 6.45) is 5.87. The fourth-order valence-corrected chi connectivity index (χ4v) is 5.00. The number of sulfonamides is 1. The molecule has 1 aliphatic carbocycles. The number of hydrogen-bond donors (Lipinski definition) is 2. The highest BCUT2D eigenvalue weighted by Gasteiger charge is 2.44. The first-order valence-corrected chi connectivity index (χ1v) is 12.1. The largest absolute Gasteiger partial charge is 0.326 e. The number of aryl methyl sites for hydroxylation is 1. The molecule has 2 aromatic carbocycles. The third-order valence-corrected chi connectivity index (χ3v) is 7.25. The number of anilines is 2. The fraction of sp³-hybridized carbons (Fsp3) is 0.160. The Hall–Kier alpha value is -3.78. The number of amides is 1. The topological polar surface area (TPSA) is 101 Å². The molecule has 1 aliphatic rings. The van der Waals surface area contributed by atoms with Gasteiger partial charge in [0.05, 0.1) is 4.90 Å². The van der Waals surface area contributed by atoms with Gasteiger partial charge in [0.2, 0.25) is 5.91 Å². The highest BCUT2D eigenvalue weighted by atomic mass is 32.2. The van der Waals surface area contributed by atoms with Crippen LogP contribution in [0.1, 0.15) is 23.5 Å². The van der Waals surface area contributed by atoms with Crippen LogP contribution in [0.2, 0.25) is 0 Å². The minimum Gasteiger partial charge on any atom is -0.326 e. The van der Waals surface area contributed by atoms with Crippen molar-refractivity contribution in [3.8, 4) is 0 Å². The summed E-state index contributed by atoms with van der Waals surface area (Å²) in [5.74, 6) is 0.186. The van der Waals surface area contributed by atoms with Gasteiger partial charge in [-0.1, -0.05) is 24.3 Å². The van der Waals surface area contributed by atoms with Crippen molar-refractivity contribution >= 4 is 38.2 Å². The lowest BCUT2D eigenvalue weighted by Crippen LogP contribution is -2.15. The Morgan fingerprint density at radius 1 is 1.03 bits per heavy atom. The first-order chi connectivity index (χ1) is 15.9. The molecule has 0 radical (unpaired) electrons. The molecular weight excluding hydrogens is 436 g/mol. The number of nitrogens with one attached hydrogen (secondary N) is 2. The minimum atomic E-state index is -3.72. The summed E-state index contributed by atoms with van der Waals surface area (Å²) in [6.45, 7) is 1.99. The molecule has 2 heterocycles. The highest BCUT2D eigenvalue weighted by molar-refractivity contribution is 7.92. The molecular formula is C25H22N4O3S. The number of hydrogen-bond acceptors (Lipinski definition) is 5. The Labute approximate surface area is 192 Å². The monoisotopic (exact) mass is 458 g/mol. The predicted octanol–water partition coefficient (Wildman–Crippen LogP) is 4.48. The molecule has 2 aromatic heterocycles. The number of fused-ring (bicyclic) bond motifs is 1. The molecule has 33 heavy (non-hydrogen) atoms. The second-order valence-electron chi connectivity index (χ2n) is 8.22. The molecule has 2 atom stereocenters. The van der Waals surface area contributed by atoms with Gasteiger partial charge < -0.3 is 5.32 Å². The maximum atomic E-state index is 12.8. The molecule has 0 bridgehead atoms. The van der Waals surface area contributed by atoms with Gasteiger partial charge >= 0.3 is 0 Å². The van der Waals surface area contributed by atoms with E-state index < -0.39 is 10.0 Å². The van der Waals surface area contributed by atoms with Crippen LogP contribution >= 0.6 is 0 Å². The molecule has 1 amide bonds. The van der Waals surface area contributed by atoms with Crippen LogP contribution in [0.15, 0.2) is 84.1 Å². The lowest BCUT2D eigenvalue weighted by molar-refractivity contribution is -0.117. The van der Waals surface area contributed by atoms with Crippen molar-refractivity contribution in [1.82, 2.24) is 9.97 Å². The smallest absolute Gasteiger partial charge is 0.263 e. The third-order valence-electron chi connectivity index (χ3n) is 5.88. The minimum absolute atomic E-state index is 0.0282. The van der Waals surface area contributed by atoms with Crippen LogP contribution in [0.4, 0.5) is 11.5 Å². The average molecular weight is 459 g/mol. The zero-order chi connectivity index (χ0) is 23.0. The van der Waals surface area contributed by atoms with Crippen LogP contribution in [0.5, 0.6) is 0 Å². The molecule has 0 saturated heterocycles. The Bertz CT molecular complexity index is 1440. The van der Waals surface area contributed by atoms with E-state index in [1.54, 1.807) is 54.9 Å². The molecule has 0 aliphatic heterocycles. The van der Waals surface area contributed by atoms with Gasteiger partial charge in [-0.25, -0.2) is 13.4 Å². The molecule has 1 unspecified atom stereocenters. The number of nitrogens with zero attached hydrogens (tertiary/aromatic N) is 2. The van der Waals surface area contributed by atoms with E-state index in [0.29, 0.717) is 0 Å². The van der Waals surface area contributed by atoms with Crippen LogP contribution in [0.25, 0.3) is 10.8 Å². The summed E-state index contributed by atoms with van der Waals surface area (Å²) < 4.78 is 27.6. The summed E-state index contributed by atoms with van der Waals surface area (Å²) in [5, 5.41) is 5.11. The van der Waals surface area contributed by atoms with E-state index in [0.717, 1.165) is 34.0 Å². The first-order valence-electron chi connectivity index (χ1n) is 10.6. The van der Waals surface area contributed by atoms with Crippen molar-refractivity contribution in [3.05, 3.63) is 90.4 Å². The summed E-state index contributed by atoms with van der Waals surface area (Å²) in [4.78, 5) is 21.1. The quantitative estimate of drug-likeness (QED) is 0.444. The van der Waals surface area contributed by atoms with Gasteiger partial charge in [-0.15, -0.1) is 0 Å². The van der Waals surface area contributed by atoms with Crippen LogP contribution in [0, 0.1) is 12.8 Å². The summed E-state index contributed by atoms with van der Waals surface area (Å²) in [5.41, 5.74) is 2.77. The molecule has 8 heteroatoms. The van der Waals surface area contributed by atoms with E-state index in [1.165, 1.54) is 6.20 Å². The van der Waals surface area contributed by atoms with Gasteiger partial charge in [0.25, 0.3) is 10.0 Å². The van der Waals surface area contributed by atoms with Gasteiger partial charge in [-0.2, -0.15) is 0 Å². The van der Waals surface area contributed by atoms with Crippen molar-refractivity contribution in [2.45, 2.75) is 24.2 Å². The van der Waals surface area contributed by atoms with Crippen LogP contribution in [0.3, 0.4) is 0 Å². The SMILES string of the molecule is Cc1cncc2ccc(NC(=O)[C@@H]3CC3c3ccc(S(=O)(=O)Nc4ccccn4)cc3)cc12. The molecule has 1 saturated carbocycles. The van der Waals surface area contributed by atoms with Crippen molar-refractivity contribution in [2.24, 2.45) is 5.92 Å². The lowest BCUT2D eigenvalue weighted by atomic mass is 10.1. The second-order valence-corrected chi connectivity index (χ2v) is 9.90. The van der Waals surface area contributed by atoms with E-state index in [1.807, 2.05) is 25.1 Å². The number of pyridine rings is 2. The van der Waals surface area contributed by atoms with E-state index in [4.69, 9.17) is 0 Å². The number of rotatable bonds is 6. The fourth-order valence-electron chi connectivity index (χ4n) is 3.99. The third kappa shape index (κ3) is 4.42. The van der Waals surface area contributed by atoms with Gasteiger partial charge in [-0.3, -0.25) is 14.5 Å². The second kappa shape index (κ2) is 8.29. The zero-order valence-corrected chi connectivity index (χ0v) is 18.7. The number of carbonyl (C=O) groups excluding carboxylic acids is 1. The van der Waals surface area contributed by atoms with E-state index >= 15 is 0 Å². The molecule has 4 aromatic rings. The lowest BCUT2D eigenvalue weighted by Gasteiger charge is -2.09. The van der Waals surface area contributed by atoms with Crippen molar-refractivity contribution in [2.75, 3.05) is 10.0 Å². The summed E-state index contributed by atoms with van der Waals surface area (Å²) in [6, 6.07) is 17.5. The molecule has 2 N–H and O–H groups in total. The molecule has 7 nitrogen and oxygen atoms in total. The van der Waals surface area contributed by atoms with Crippen LogP contribution in [-0.2, 0) is 14.8 Å². The Kier molecular flexibility index (Phi) is 5.30. The van der Waals surface area contributed by atoms with Crippen molar-refractivity contribution < 1.29 is 13.2 Å². The van der Waals surface area contributed by atoms with Crippen molar-refractivity contribution in [1.29, 1.82) is 0 Å². The number of carbonyl (C=O) groups is 1. The van der Waals surface area contributed by atoms with Crippen LogP contribution < -0.4 is 10.0 Å². The molecule has 0 spiro atoms. The van der Waals surface area contributed by atoms with E-state index in [2.05, 4.69) is 20.0 Å². The van der Waals surface area contributed by atoms with Crippen molar-refractivity contribution in [3.63, 3.8) is 0 Å². The van der Waals surface area contributed by atoms with Crippen LogP contribution in [-0.4, -0.2) is 24.3 Å². The zero-order valence-electron chi connectivity index (χ0n) is 17.9. The van der Waals surface area contributed by atoms with Gasteiger partial charge in [0.1, 0.15) is 5.82 Å². The maximum absolute atomic E-state index is 12.8. The first kappa shape index (κ1) is 21.1. The molecule has 5 rings (SSSR count). The Morgan fingerprint density at radius 3 is 2.61 bits per heavy atom. The summed E-state index contributed by atoms with van der Waals surface area (Å²) >= 11 is 0. The predicted molar refractivity (Wildman–Crippen MR) is 127 cm³/mol. The Morgan fingerprint density at radius 2 is 1.85 bits per heavy atom. The standard InChI is InChI=1S/C25H22N4O3S/c1-16-14-26-15-18-5-8-19(12-21(16)18)28-25(30)23-13-22(23)17-6-9-20(10-7-17)33(31,32)29-24-4-2-3-11-27-24/h2-12,14-15,22-23H,13H2,1H3,(H,27,29)(H,28,30)/t22?,23-/m1/s1. The highest BCUT2D eigenvalue weighted by Crippen LogP contribution is 2.48. The number of benzene rings is 2. The van der Waals surface area contributed by atoms with Gasteiger partial charge in [0.15, 0.2) is 0 Å². The maximum Gasteiger partial charge on any atom is 0.263 e.